The average molecular weight is 205 g/mol. The molecule has 0 aliphatic carbocycles. The highest BCUT2D eigenvalue weighted by Crippen LogP contribution is 2.17. The molecule has 14 heavy (non-hydrogen) atoms. The van der Waals surface area contributed by atoms with Gasteiger partial charge < -0.3 is 15.6 Å². The highest BCUT2D eigenvalue weighted by Gasteiger charge is 1.97. The fourth-order valence-corrected chi connectivity index (χ4v) is 1.44. The van der Waals surface area contributed by atoms with Gasteiger partial charge in [-0.25, -0.2) is 0 Å². The molecule has 3 N–H and O–H groups in total. The van der Waals surface area contributed by atoms with Crippen LogP contribution in [0.3, 0.4) is 0 Å². The lowest BCUT2D eigenvalue weighted by Gasteiger charge is -2.06. The molecule has 72 valence electrons. The van der Waals surface area contributed by atoms with Crippen LogP contribution in [0.5, 0.6) is 0 Å². The SMILES string of the molecule is CNC(=S)Nc1ccc2[nH]ccc2c1. The summed E-state index contributed by atoms with van der Waals surface area (Å²) in [5.74, 6) is 0. The van der Waals surface area contributed by atoms with E-state index in [2.05, 4.69) is 21.7 Å². The van der Waals surface area contributed by atoms with Gasteiger partial charge in [0, 0.05) is 29.8 Å². The van der Waals surface area contributed by atoms with E-state index >= 15 is 0 Å². The molecule has 0 saturated heterocycles. The van der Waals surface area contributed by atoms with Gasteiger partial charge >= 0.3 is 0 Å². The Morgan fingerprint density at radius 2 is 2.21 bits per heavy atom. The smallest absolute Gasteiger partial charge is 0.170 e. The van der Waals surface area contributed by atoms with E-state index in [0.717, 1.165) is 11.2 Å². The maximum Gasteiger partial charge on any atom is 0.170 e. The summed E-state index contributed by atoms with van der Waals surface area (Å²) in [7, 11) is 1.80. The maximum atomic E-state index is 5.01. The summed E-state index contributed by atoms with van der Waals surface area (Å²) in [4.78, 5) is 3.14. The molecule has 1 aromatic heterocycles. The van der Waals surface area contributed by atoms with Crippen LogP contribution in [0, 0.1) is 0 Å². The molecule has 2 rings (SSSR count). The fourth-order valence-electron chi connectivity index (χ4n) is 1.32. The van der Waals surface area contributed by atoms with Gasteiger partial charge in [-0.2, -0.15) is 0 Å². The van der Waals surface area contributed by atoms with Crippen molar-refractivity contribution >= 4 is 33.9 Å². The van der Waals surface area contributed by atoms with Crippen molar-refractivity contribution in [1.82, 2.24) is 10.3 Å². The lowest BCUT2D eigenvalue weighted by Crippen LogP contribution is -2.23. The molecule has 0 unspecified atom stereocenters. The zero-order valence-electron chi connectivity index (χ0n) is 7.79. The summed E-state index contributed by atoms with van der Waals surface area (Å²) in [6.45, 7) is 0. The van der Waals surface area contributed by atoms with Crippen LogP contribution < -0.4 is 10.6 Å². The summed E-state index contributed by atoms with van der Waals surface area (Å²) < 4.78 is 0. The highest BCUT2D eigenvalue weighted by molar-refractivity contribution is 7.80. The molecule has 3 nitrogen and oxygen atoms in total. The van der Waals surface area contributed by atoms with Crippen molar-refractivity contribution in [2.75, 3.05) is 12.4 Å². The number of anilines is 1. The summed E-state index contributed by atoms with van der Waals surface area (Å²) in [6.07, 6.45) is 1.92. The second-order valence-electron chi connectivity index (χ2n) is 2.98. The molecule has 0 bridgehead atoms. The van der Waals surface area contributed by atoms with E-state index in [0.29, 0.717) is 5.11 Å². The van der Waals surface area contributed by atoms with Crippen molar-refractivity contribution < 1.29 is 0 Å². The number of benzene rings is 1. The first-order valence-corrected chi connectivity index (χ1v) is 4.76. The van der Waals surface area contributed by atoms with Crippen molar-refractivity contribution in [3.05, 3.63) is 30.5 Å². The summed E-state index contributed by atoms with van der Waals surface area (Å²) in [5, 5.41) is 7.75. The minimum Gasteiger partial charge on any atom is -0.366 e. The predicted molar refractivity (Wildman–Crippen MR) is 63.6 cm³/mol. The Bertz CT molecular complexity index is 461. The molecule has 0 fully saturated rings. The summed E-state index contributed by atoms with van der Waals surface area (Å²) >= 11 is 5.01. The van der Waals surface area contributed by atoms with Gasteiger partial charge in [0.15, 0.2) is 5.11 Å². The largest absolute Gasteiger partial charge is 0.366 e. The van der Waals surface area contributed by atoms with E-state index in [4.69, 9.17) is 12.2 Å². The average Bonchev–Trinajstić information content (AvgIpc) is 2.64. The molecule has 1 heterocycles. The van der Waals surface area contributed by atoms with Crippen LogP contribution in [0.4, 0.5) is 5.69 Å². The topological polar surface area (TPSA) is 39.8 Å². The Labute approximate surface area is 87.5 Å². The fraction of sp³-hybridized carbons (Fsp3) is 0.100. The molecule has 2 aromatic rings. The van der Waals surface area contributed by atoms with Crippen LogP contribution in [-0.2, 0) is 0 Å². The molecule has 0 aliphatic rings. The Balaban J connectivity index is 2.30. The molecule has 0 amide bonds. The van der Waals surface area contributed by atoms with Crippen molar-refractivity contribution in [3.63, 3.8) is 0 Å². The van der Waals surface area contributed by atoms with Gasteiger partial charge in [0.2, 0.25) is 0 Å². The number of hydrogen-bond donors (Lipinski definition) is 3. The molecular weight excluding hydrogens is 194 g/mol. The van der Waals surface area contributed by atoms with Gasteiger partial charge in [-0.15, -0.1) is 0 Å². The zero-order valence-corrected chi connectivity index (χ0v) is 8.61. The van der Waals surface area contributed by atoms with Gasteiger partial charge in [0.05, 0.1) is 0 Å². The Hall–Kier alpha value is -1.55. The third-order valence-corrected chi connectivity index (χ3v) is 2.34. The van der Waals surface area contributed by atoms with E-state index in [1.54, 1.807) is 7.05 Å². The number of aromatic nitrogens is 1. The monoisotopic (exact) mass is 205 g/mol. The third-order valence-electron chi connectivity index (χ3n) is 2.04. The quantitative estimate of drug-likeness (QED) is 0.624. The van der Waals surface area contributed by atoms with E-state index in [1.807, 2.05) is 24.4 Å². The lowest BCUT2D eigenvalue weighted by molar-refractivity contribution is 1.20. The van der Waals surface area contributed by atoms with E-state index < -0.39 is 0 Å². The summed E-state index contributed by atoms with van der Waals surface area (Å²) in [6, 6.07) is 8.09. The number of thiocarbonyl (C=S) groups is 1. The van der Waals surface area contributed by atoms with E-state index in [9.17, 15) is 0 Å². The first kappa shape index (κ1) is 9.02. The molecule has 4 heteroatoms. The highest BCUT2D eigenvalue weighted by atomic mass is 32.1. The third kappa shape index (κ3) is 1.70. The molecule has 0 aliphatic heterocycles. The van der Waals surface area contributed by atoms with Crippen LogP contribution in [0.2, 0.25) is 0 Å². The molecule has 0 atom stereocenters. The maximum absolute atomic E-state index is 5.01. The Morgan fingerprint density at radius 1 is 1.36 bits per heavy atom. The first-order valence-electron chi connectivity index (χ1n) is 4.35. The predicted octanol–water partition coefficient (Wildman–Crippen LogP) is 2.08. The van der Waals surface area contributed by atoms with E-state index in [1.165, 1.54) is 5.39 Å². The minimum atomic E-state index is 0.625. The number of rotatable bonds is 1. The molecule has 0 radical (unpaired) electrons. The minimum absolute atomic E-state index is 0.625. The number of hydrogen-bond acceptors (Lipinski definition) is 1. The van der Waals surface area contributed by atoms with Crippen molar-refractivity contribution in [3.8, 4) is 0 Å². The van der Waals surface area contributed by atoms with Crippen molar-refractivity contribution in [2.45, 2.75) is 0 Å². The van der Waals surface area contributed by atoms with Crippen molar-refractivity contribution in [1.29, 1.82) is 0 Å². The number of fused-ring (bicyclic) bond motifs is 1. The van der Waals surface area contributed by atoms with Crippen molar-refractivity contribution in [2.24, 2.45) is 0 Å². The second-order valence-corrected chi connectivity index (χ2v) is 3.39. The van der Waals surface area contributed by atoms with Gasteiger partial charge in [0.1, 0.15) is 0 Å². The Kier molecular flexibility index (Phi) is 2.37. The zero-order chi connectivity index (χ0) is 9.97. The number of nitrogens with one attached hydrogen (secondary N) is 3. The van der Waals surface area contributed by atoms with Gasteiger partial charge in [0.25, 0.3) is 0 Å². The first-order chi connectivity index (χ1) is 6.79. The lowest BCUT2D eigenvalue weighted by atomic mass is 10.2. The van der Waals surface area contributed by atoms with Gasteiger partial charge in [-0.05, 0) is 36.5 Å². The van der Waals surface area contributed by atoms with Gasteiger partial charge in [-0.3, -0.25) is 0 Å². The normalized spacial score (nSPS) is 10.1. The van der Waals surface area contributed by atoms with Crippen LogP contribution in [0.1, 0.15) is 0 Å². The number of H-pyrrole nitrogens is 1. The van der Waals surface area contributed by atoms with Gasteiger partial charge in [-0.1, -0.05) is 0 Å². The van der Waals surface area contributed by atoms with Crippen LogP contribution in [0.15, 0.2) is 30.5 Å². The molecule has 1 aromatic carbocycles. The molecule has 0 spiro atoms. The van der Waals surface area contributed by atoms with Crippen LogP contribution in [0.25, 0.3) is 10.9 Å². The van der Waals surface area contributed by atoms with Crippen LogP contribution >= 0.6 is 12.2 Å². The molecule has 0 saturated carbocycles. The molecular formula is C10H11N3S. The van der Waals surface area contributed by atoms with E-state index in [-0.39, 0.29) is 0 Å². The number of aromatic amines is 1. The summed E-state index contributed by atoms with van der Waals surface area (Å²) in [5.41, 5.74) is 2.13. The van der Waals surface area contributed by atoms with Crippen LogP contribution in [-0.4, -0.2) is 17.1 Å². The Morgan fingerprint density at radius 3 is 3.00 bits per heavy atom. The standard InChI is InChI=1S/C10H11N3S/c1-11-10(14)13-8-2-3-9-7(6-8)4-5-12-9/h2-6,12H,1H3,(H2,11,13,14). The second kappa shape index (κ2) is 3.67.